The normalized spacial score (nSPS) is 16.3. The summed E-state index contributed by atoms with van der Waals surface area (Å²) in [5, 5.41) is 2.75. The first-order valence-electron chi connectivity index (χ1n) is 11.2. The highest BCUT2D eigenvalue weighted by atomic mass is 32.5. The maximum absolute atomic E-state index is 13.0. The Kier molecular flexibility index (Phi) is 6.21. The molecule has 14 heteroatoms. The quantitative estimate of drug-likeness (QED) is 0.473. The van der Waals surface area contributed by atoms with E-state index in [1.165, 1.54) is 13.3 Å². The van der Waals surface area contributed by atoms with Crippen LogP contribution in [-0.2, 0) is 22.7 Å². The van der Waals surface area contributed by atoms with Crippen molar-refractivity contribution in [2.75, 3.05) is 31.1 Å². The van der Waals surface area contributed by atoms with E-state index in [1.807, 2.05) is 11.0 Å². The average Bonchev–Trinajstić information content (AvgIpc) is 2.83. The van der Waals surface area contributed by atoms with E-state index in [-0.39, 0.29) is 30.1 Å². The summed E-state index contributed by atoms with van der Waals surface area (Å²) in [4.78, 5) is 42.9. The summed E-state index contributed by atoms with van der Waals surface area (Å²) >= 11 is 0. The summed E-state index contributed by atoms with van der Waals surface area (Å²) in [6.45, 7) is 3.23. The summed E-state index contributed by atoms with van der Waals surface area (Å²) in [6.07, 6.45) is 1.22. The van der Waals surface area contributed by atoms with E-state index < -0.39 is 33.1 Å². The van der Waals surface area contributed by atoms with Crippen molar-refractivity contribution < 1.29 is 29.0 Å². The van der Waals surface area contributed by atoms with Crippen LogP contribution in [0.4, 0.5) is 25.1 Å². The van der Waals surface area contributed by atoms with Gasteiger partial charge in [0.15, 0.2) is 0 Å². The number of fused-ring (bicyclic) bond motifs is 1. The lowest BCUT2D eigenvalue weighted by atomic mass is 10.2. The molecule has 0 radical (unpaired) electrons. The molecule has 1 aromatic heterocycles. The molecule has 2 aromatic carbocycles. The van der Waals surface area contributed by atoms with E-state index in [0.29, 0.717) is 37.1 Å². The Hall–Kier alpha value is -3.68. The lowest BCUT2D eigenvalue weighted by Crippen LogP contribution is -2.48. The fraction of sp³-hybridized carbons (Fsp3) is 0.304. The molecule has 1 aliphatic heterocycles. The molecule has 1 saturated heterocycles. The molecule has 0 aliphatic carbocycles. The molecule has 8 nitrogen and oxygen atoms in total. The van der Waals surface area contributed by atoms with Crippen molar-refractivity contribution in [3.63, 3.8) is 0 Å². The molecule has 37 heavy (non-hydrogen) atoms. The summed E-state index contributed by atoms with van der Waals surface area (Å²) in [5.41, 5.74) is 0.950. The van der Waals surface area contributed by atoms with Crippen LogP contribution in [0.3, 0.4) is 0 Å². The van der Waals surface area contributed by atoms with Crippen LogP contribution in [0.2, 0.25) is 0 Å². The fourth-order valence-electron chi connectivity index (χ4n) is 4.01. The second kappa shape index (κ2) is 8.71. The zero-order valence-electron chi connectivity index (χ0n) is 19.7. The van der Waals surface area contributed by atoms with Gasteiger partial charge >= 0.3 is 10.2 Å². The molecule has 2 heterocycles. The number of rotatable bonds is 6. The van der Waals surface area contributed by atoms with Gasteiger partial charge in [-0.2, -0.15) is 0 Å². The summed E-state index contributed by atoms with van der Waals surface area (Å²) in [5.74, 6) is -0.610. The smallest absolute Gasteiger partial charge is 0.310 e. The van der Waals surface area contributed by atoms with Crippen molar-refractivity contribution in [1.82, 2.24) is 19.8 Å². The van der Waals surface area contributed by atoms with Crippen LogP contribution in [0.15, 0.2) is 58.5 Å². The average molecular weight is 546 g/mol. The Balaban J connectivity index is 1.43. The predicted octanol–water partition coefficient (Wildman–Crippen LogP) is 4.04. The number of carbonyl (C=O) groups is 2. The zero-order valence-corrected chi connectivity index (χ0v) is 20.5. The van der Waals surface area contributed by atoms with Crippen LogP contribution >= 0.6 is 10.2 Å². The molecule has 1 aliphatic rings. The highest BCUT2D eigenvalue weighted by molar-refractivity contribution is 8.45. The number of aromatic nitrogens is 2. The second-order valence-corrected chi connectivity index (χ2v) is 11.2. The second-order valence-electron chi connectivity index (χ2n) is 8.76. The van der Waals surface area contributed by atoms with Crippen LogP contribution < -0.4 is 15.8 Å². The number of nitrogens with one attached hydrogen (secondary N) is 1. The molecule has 0 atom stereocenters. The van der Waals surface area contributed by atoms with Crippen molar-refractivity contribution in [3.05, 3.63) is 64.7 Å². The van der Waals surface area contributed by atoms with Crippen molar-refractivity contribution in [2.45, 2.75) is 24.9 Å². The van der Waals surface area contributed by atoms with Gasteiger partial charge in [0.2, 0.25) is 11.8 Å². The highest BCUT2D eigenvalue weighted by Gasteiger charge is 2.65. The summed E-state index contributed by atoms with van der Waals surface area (Å²) in [6, 6.07) is 7.48. The van der Waals surface area contributed by atoms with E-state index in [4.69, 9.17) is 0 Å². The van der Waals surface area contributed by atoms with Gasteiger partial charge in [-0.25, -0.2) is 4.98 Å². The minimum absolute atomic E-state index is 0.00422. The van der Waals surface area contributed by atoms with Gasteiger partial charge < -0.3 is 15.1 Å². The van der Waals surface area contributed by atoms with E-state index in [1.54, 1.807) is 17.0 Å². The Morgan fingerprint density at radius 3 is 2.22 bits per heavy atom. The van der Waals surface area contributed by atoms with Crippen LogP contribution in [0.5, 0.6) is 0 Å². The monoisotopic (exact) mass is 545 g/mol. The van der Waals surface area contributed by atoms with Crippen LogP contribution in [-0.4, -0.2) is 52.4 Å². The van der Waals surface area contributed by atoms with Gasteiger partial charge in [0, 0.05) is 45.3 Å². The molecule has 0 saturated carbocycles. The van der Waals surface area contributed by atoms with Gasteiger partial charge in [-0.05, 0) is 35.9 Å². The first-order chi connectivity index (χ1) is 17.1. The Morgan fingerprint density at radius 1 is 0.973 bits per heavy atom. The standard InChI is InChI=1S/C23H24F5N5O3S/c1-16(34)31-8-10-32(11-9-31)18-4-7-21-20(12-18)23(36)33(15-30-21)14-22(35)29-13-17-2-5-19(6-3-17)37(24,25,26,27)28/h2-7,12,15H,8-11,13-14H2,1H3,(H,29,35). The first-order valence-corrected chi connectivity index (χ1v) is 13.2. The molecule has 200 valence electrons. The Bertz CT molecular complexity index is 1420. The SMILES string of the molecule is CC(=O)N1CCN(c2ccc3ncn(CC(=O)NCc4ccc(S(F)(F)(F)(F)F)cc4)c(=O)c3c2)CC1. The molecule has 1 N–H and O–H groups in total. The topological polar surface area (TPSA) is 87.5 Å². The lowest BCUT2D eigenvalue weighted by Gasteiger charge is -2.40. The van der Waals surface area contributed by atoms with Crippen LogP contribution in [0, 0.1) is 0 Å². The molecular formula is C23H24F5N5O3S. The number of carbonyl (C=O) groups excluding carboxylic acids is 2. The number of amides is 2. The van der Waals surface area contributed by atoms with Gasteiger partial charge in [0.1, 0.15) is 11.4 Å². The van der Waals surface area contributed by atoms with Crippen molar-refractivity contribution >= 4 is 38.6 Å². The maximum atomic E-state index is 13.0. The van der Waals surface area contributed by atoms with Crippen molar-refractivity contribution in [1.29, 1.82) is 0 Å². The minimum Gasteiger partial charge on any atom is -0.368 e. The lowest BCUT2D eigenvalue weighted by molar-refractivity contribution is -0.129. The third-order valence-electron chi connectivity index (χ3n) is 6.07. The molecular weight excluding hydrogens is 521 g/mol. The third-order valence-corrected chi connectivity index (χ3v) is 7.23. The van der Waals surface area contributed by atoms with Crippen LogP contribution in [0.25, 0.3) is 10.9 Å². The molecule has 1 fully saturated rings. The number of benzene rings is 2. The van der Waals surface area contributed by atoms with Gasteiger partial charge in [-0.1, -0.05) is 31.6 Å². The molecule has 4 rings (SSSR count). The summed E-state index contributed by atoms with van der Waals surface area (Å²) in [7, 11) is -9.76. The highest BCUT2D eigenvalue weighted by Crippen LogP contribution is 3.02. The third kappa shape index (κ3) is 6.18. The number of hydrogen-bond donors (Lipinski definition) is 1. The number of nitrogens with zero attached hydrogens (tertiary/aromatic N) is 4. The van der Waals surface area contributed by atoms with Gasteiger partial charge in [-0.15, -0.1) is 0 Å². The van der Waals surface area contributed by atoms with E-state index >= 15 is 0 Å². The molecule has 0 unspecified atom stereocenters. The molecule has 3 aromatic rings. The number of piperazine rings is 1. The summed E-state index contributed by atoms with van der Waals surface area (Å²) < 4.78 is 65.3. The van der Waals surface area contributed by atoms with Crippen molar-refractivity contribution in [3.8, 4) is 0 Å². The van der Waals surface area contributed by atoms with Gasteiger partial charge in [0.25, 0.3) is 5.56 Å². The number of hydrogen-bond acceptors (Lipinski definition) is 5. The van der Waals surface area contributed by atoms with Crippen LogP contribution in [0.1, 0.15) is 12.5 Å². The Morgan fingerprint density at radius 2 is 1.62 bits per heavy atom. The number of anilines is 1. The molecule has 0 bridgehead atoms. The van der Waals surface area contributed by atoms with Gasteiger partial charge in [0.05, 0.1) is 17.2 Å². The first kappa shape index (κ1) is 26.4. The predicted molar refractivity (Wildman–Crippen MR) is 130 cm³/mol. The maximum Gasteiger partial charge on any atom is 0.310 e. The van der Waals surface area contributed by atoms with E-state index in [9.17, 15) is 33.8 Å². The molecule has 0 spiro atoms. The van der Waals surface area contributed by atoms with Crippen molar-refractivity contribution in [2.24, 2.45) is 0 Å². The Labute approximate surface area is 208 Å². The zero-order chi connectivity index (χ0) is 27.1. The number of halogens is 5. The van der Waals surface area contributed by atoms with E-state index in [2.05, 4.69) is 10.3 Å². The van der Waals surface area contributed by atoms with E-state index in [0.717, 1.165) is 22.4 Å². The largest absolute Gasteiger partial charge is 0.368 e. The van der Waals surface area contributed by atoms with Gasteiger partial charge in [-0.3, -0.25) is 19.0 Å². The minimum atomic E-state index is -9.76. The fourth-order valence-corrected chi connectivity index (χ4v) is 4.66. The molecule has 2 amide bonds.